The largest absolute Gasteiger partial charge is 0.370 e. The highest BCUT2D eigenvalue weighted by molar-refractivity contribution is 7.98. The average Bonchev–Trinajstić information content (AvgIpc) is 3.99. The summed E-state index contributed by atoms with van der Waals surface area (Å²) in [4.78, 5) is 154. The van der Waals surface area contributed by atoms with E-state index in [1.54, 1.807) is 50.6 Å². The van der Waals surface area contributed by atoms with E-state index in [1.165, 1.54) is 31.2 Å². The van der Waals surface area contributed by atoms with Gasteiger partial charge < -0.3 is 75.4 Å². The van der Waals surface area contributed by atoms with Crippen LogP contribution in [-0.4, -0.2) is 141 Å². The van der Waals surface area contributed by atoms with Crippen LogP contribution in [-0.2, 0) is 65.6 Å². The lowest BCUT2D eigenvalue weighted by Gasteiger charge is -2.27. The zero-order valence-electron chi connectivity index (χ0n) is 42.3. The number of nitrogens with zero attached hydrogens (tertiary/aromatic N) is 1. The van der Waals surface area contributed by atoms with Crippen molar-refractivity contribution in [3.05, 3.63) is 54.2 Å². The molecule has 0 bridgehead atoms. The molecule has 0 saturated carbocycles. The van der Waals surface area contributed by atoms with Crippen LogP contribution in [0.25, 0.3) is 10.9 Å². The Morgan fingerprint density at radius 2 is 1.28 bits per heavy atom. The fourth-order valence-corrected chi connectivity index (χ4v) is 8.01. The van der Waals surface area contributed by atoms with Gasteiger partial charge in [-0.15, -0.1) is 0 Å². The molecule has 3 aromatic rings. The topological polar surface area (TPSA) is 433 Å². The summed E-state index contributed by atoms with van der Waals surface area (Å²) in [6.07, 6.45) is 4.04. The zero-order valence-corrected chi connectivity index (χ0v) is 43.2. The van der Waals surface area contributed by atoms with Gasteiger partial charge in [0.2, 0.25) is 65.0 Å². The monoisotopic (exact) mass is 1050 g/mol. The minimum absolute atomic E-state index is 0.111. The number of fused-ring (bicyclic) bond motifs is 1. The first kappa shape index (κ1) is 60.8. The Morgan fingerprint density at radius 1 is 0.662 bits per heavy atom. The molecule has 0 fully saturated rings. The third-order valence-electron chi connectivity index (χ3n) is 11.5. The summed E-state index contributed by atoms with van der Waals surface area (Å²) in [6, 6.07) is -0.692. The second-order valence-electron chi connectivity index (χ2n) is 18.5. The Morgan fingerprint density at radius 3 is 1.89 bits per heavy atom. The molecular formula is C47H71N15O11S. The van der Waals surface area contributed by atoms with Gasteiger partial charge in [-0.1, -0.05) is 45.9 Å². The second-order valence-corrected chi connectivity index (χ2v) is 19.5. The van der Waals surface area contributed by atoms with Gasteiger partial charge in [0.1, 0.15) is 42.2 Å². The first-order valence-corrected chi connectivity index (χ1v) is 25.3. The van der Waals surface area contributed by atoms with Crippen LogP contribution in [0.15, 0.2) is 43.0 Å². The molecule has 74 heavy (non-hydrogen) atoms. The maximum absolute atomic E-state index is 14.0. The Labute approximate surface area is 432 Å². The molecule has 2 heterocycles. The predicted octanol–water partition coefficient (Wildman–Crippen LogP) is -3.18. The number of carbonyl (C=O) groups is 11. The number of thioether (sulfide) groups is 1. The van der Waals surface area contributed by atoms with Crippen molar-refractivity contribution in [2.45, 2.75) is 122 Å². The summed E-state index contributed by atoms with van der Waals surface area (Å²) in [5.41, 5.74) is 23.6. The number of nitrogens with one attached hydrogen (secondary N) is 10. The maximum atomic E-state index is 14.0. The molecule has 18 N–H and O–H groups in total. The summed E-state index contributed by atoms with van der Waals surface area (Å²) in [5, 5.41) is 21.1. The van der Waals surface area contributed by atoms with Gasteiger partial charge in [-0.05, 0) is 61.7 Å². The first-order valence-electron chi connectivity index (χ1n) is 23.9. The summed E-state index contributed by atoms with van der Waals surface area (Å²) >= 11 is 1.42. The van der Waals surface area contributed by atoms with E-state index in [1.807, 2.05) is 13.8 Å². The number of nitrogens with two attached hydrogens (primary N) is 4. The van der Waals surface area contributed by atoms with E-state index in [0.717, 1.165) is 10.9 Å². The summed E-state index contributed by atoms with van der Waals surface area (Å²) in [7, 11) is 0. The minimum Gasteiger partial charge on any atom is -0.370 e. The first-order chi connectivity index (χ1) is 34.9. The van der Waals surface area contributed by atoms with Gasteiger partial charge in [0.05, 0.1) is 25.5 Å². The maximum Gasteiger partial charge on any atom is 0.243 e. The van der Waals surface area contributed by atoms with Crippen molar-refractivity contribution in [3.8, 4) is 0 Å². The molecule has 0 saturated heterocycles. The van der Waals surface area contributed by atoms with Crippen molar-refractivity contribution >= 4 is 87.6 Å². The number of amides is 11. The van der Waals surface area contributed by atoms with Crippen LogP contribution in [0.1, 0.15) is 78.0 Å². The average molecular weight is 1050 g/mol. The van der Waals surface area contributed by atoms with Gasteiger partial charge in [0.25, 0.3) is 0 Å². The third kappa shape index (κ3) is 20.2. The molecule has 0 radical (unpaired) electrons. The highest BCUT2D eigenvalue weighted by atomic mass is 32.2. The molecule has 11 amide bonds. The number of para-hydroxylation sites is 1. The van der Waals surface area contributed by atoms with Crippen LogP contribution in [0.4, 0.5) is 0 Å². The minimum atomic E-state index is -1.41. The molecule has 1 aromatic carbocycles. The standard InChI is InChI=1S/C47H71N15O11S/c1-23(2)15-32(59-42(68)29(40(51)66)13-14-74-6)45(71)60-34(17-27-20-52-22-55-27)43(69)54-21-38(65)62-39(24(3)4)47(73)56-25(5)41(67)58-33(16-26-19-53-30-10-8-7-9-28(26)30)46(72)57-31(11-12-36(49)63)44(70)61-35(48)18-37(50)64/h7-10,19-20,22-25,29,31-35,39,53H,11-18,21,48H2,1-6H3,(H2,49,63)(H2,50,64)(H2,51,66)(H,52,55)(H,54,69)(H,56,73)(H,57,72)(H,58,67)(H,59,68)(H,60,71)(H,61,70)(H,62,65)/t25-,29+,31-,32-,33-,34-,35-,39-/m1/s1. The molecule has 3 rings (SSSR count). The number of imidazole rings is 1. The van der Waals surface area contributed by atoms with E-state index >= 15 is 0 Å². The quantitative estimate of drug-likeness (QED) is 0.0217. The molecule has 26 nitrogen and oxygen atoms in total. The van der Waals surface area contributed by atoms with Gasteiger partial charge in [-0.25, -0.2) is 4.98 Å². The third-order valence-corrected chi connectivity index (χ3v) is 12.1. The molecule has 27 heteroatoms. The van der Waals surface area contributed by atoms with Crippen molar-refractivity contribution in [2.24, 2.45) is 40.7 Å². The number of benzene rings is 1. The molecule has 0 unspecified atom stereocenters. The highest BCUT2D eigenvalue weighted by Gasteiger charge is 2.34. The molecule has 0 aliphatic carbocycles. The van der Waals surface area contributed by atoms with Crippen LogP contribution in [0.5, 0.6) is 0 Å². The van der Waals surface area contributed by atoms with Crippen LogP contribution >= 0.6 is 11.8 Å². The Hall–Kier alpha value is -7.55. The fraction of sp³-hybridized carbons (Fsp3) is 0.532. The van der Waals surface area contributed by atoms with Gasteiger partial charge >= 0.3 is 0 Å². The Balaban J connectivity index is 1.75. The van der Waals surface area contributed by atoms with Crippen molar-refractivity contribution in [3.63, 3.8) is 0 Å². The molecular weight excluding hydrogens is 983 g/mol. The Kier molecular flexibility index (Phi) is 24.5. The number of aromatic nitrogens is 3. The smallest absolute Gasteiger partial charge is 0.243 e. The van der Waals surface area contributed by atoms with Crippen molar-refractivity contribution < 1.29 is 52.7 Å². The molecule has 0 aliphatic rings. The summed E-state index contributed by atoms with van der Waals surface area (Å²) in [5.74, 6) is -10.3. The van der Waals surface area contributed by atoms with E-state index < -0.39 is 132 Å². The lowest BCUT2D eigenvalue weighted by atomic mass is 9.99. The van der Waals surface area contributed by atoms with Crippen LogP contribution in [0.2, 0.25) is 0 Å². The van der Waals surface area contributed by atoms with E-state index in [-0.39, 0.29) is 44.4 Å². The predicted molar refractivity (Wildman–Crippen MR) is 273 cm³/mol. The molecule has 406 valence electrons. The van der Waals surface area contributed by atoms with E-state index in [4.69, 9.17) is 22.9 Å². The van der Waals surface area contributed by atoms with E-state index in [9.17, 15) is 52.7 Å². The highest BCUT2D eigenvalue weighted by Crippen LogP contribution is 2.20. The zero-order chi connectivity index (χ0) is 55.2. The fourth-order valence-electron chi connectivity index (χ4n) is 7.54. The van der Waals surface area contributed by atoms with Crippen LogP contribution in [0, 0.1) is 17.8 Å². The second kappa shape index (κ2) is 29.8. The summed E-state index contributed by atoms with van der Waals surface area (Å²) < 4.78 is 0. The number of aromatic amines is 2. The van der Waals surface area contributed by atoms with E-state index in [2.05, 4.69) is 57.5 Å². The SMILES string of the molecule is CSCC[C@@H](C(N)=O)C(=O)N[C@H](CC(C)C)C(=O)N[C@H](Cc1cnc[nH]1)C(=O)NCC(=O)N[C@@H](C(=O)N[C@H](C)C(=O)N[C@H](Cc1c[nH]c2ccccc12)C(=O)N[C@H](CCC(N)=O)C(=O)N[C@@H](N)CC(N)=O)C(C)C. The van der Waals surface area contributed by atoms with Crippen LogP contribution < -0.4 is 65.5 Å². The molecule has 2 aromatic heterocycles. The van der Waals surface area contributed by atoms with Crippen molar-refractivity contribution in [1.29, 1.82) is 0 Å². The van der Waals surface area contributed by atoms with Gasteiger partial charge in [-0.3, -0.25) is 52.7 Å². The van der Waals surface area contributed by atoms with Gasteiger partial charge in [0.15, 0.2) is 0 Å². The number of hydrogen-bond donors (Lipinski definition) is 14. The van der Waals surface area contributed by atoms with Crippen LogP contribution in [0.3, 0.4) is 0 Å². The van der Waals surface area contributed by atoms with Gasteiger partial charge in [0, 0.05) is 48.3 Å². The van der Waals surface area contributed by atoms with E-state index in [0.29, 0.717) is 17.0 Å². The number of rotatable bonds is 32. The molecule has 0 aliphatic heterocycles. The number of primary amides is 3. The molecule has 8 atom stereocenters. The van der Waals surface area contributed by atoms with Gasteiger partial charge in [-0.2, -0.15) is 11.8 Å². The number of H-pyrrole nitrogens is 2. The normalized spacial score (nSPS) is 14.4. The lowest BCUT2D eigenvalue weighted by molar-refractivity contribution is -0.137. The number of carbonyl (C=O) groups excluding carboxylic acids is 11. The number of hydrogen-bond acceptors (Lipinski definition) is 14. The Bertz CT molecular complexity index is 2450. The summed E-state index contributed by atoms with van der Waals surface area (Å²) in [6.45, 7) is 7.55. The lowest BCUT2D eigenvalue weighted by Crippen LogP contribution is -2.59. The van der Waals surface area contributed by atoms with Crippen molar-refractivity contribution in [1.82, 2.24) is 57.5 Å². The van der Waals surface area contributed by atoms with Crippen molar-refractivity contribution in [2.75, 3.05) is 18.6 Å². The molecule has 0 spiro atoms.